The van der Waals surface area contributed by atoms with Gasteiger partial charge in [-0.15, -0.1) is 0 Å². The van der Waals surface area contributed by atoms with Gasteiger partial charge in [-0.1, -0.05) is 37.1 Å². The monoisotopic (exact) mass is 395 g/mol. The van der Waals surface area contributed by atoms with Crippen LogP contribution in [-0.4, -0.2) is 40.8 Å². The van der Waals surface area contributed by atoms with Crippen LogP contribution in [-0.2, 0) is 16.2 Å². The van der Waals surface area contributed by atoms with Gasteiger partial charge in [0.1, 0.15) is 0 Å². The molecule has 0 radical (unpaired) electrons. The average Bonchev–Trinajstić information content (AvgIpc) is 3.46. The number of hydrogen-bond acceptors (Lipinski definition) is 2. The summed E-state index contributed by atoms with van der Waals surface area (Å²) in [6, 6.07) is 8.56. The number of nitrogens with zero attached hydrogens (tertiary/aromatic N) is 1. The smallest absolute Gasteiger partial charge is 0.191 e. The second-order valence-electron chi connectivity index (χ2n) is 7.52. The van der Waals surface area contributed by atoms with Crippen molar-refractivity contribution in [2.75, 3.05) is 19.3 Å². The minimum Gasteiger partial charge on any atom is -0.356 e. The molecule has 0 aliphatic heterocycles. The predicted octanol–water partition coefficient (Wildman–Crippen LogP) is 3.62. The zero-order valence-electron chi connectivity index (χ0n) is 15.8. The van der Waals surface area contributed by atoms with Crippen LogP contribution in [0.25, 0.3) is 0 Å². The summed E-state index contributed by atoms with van der Waals surface area (Å²) in [5.41, 5.74) is 1.49. The van der Waals surface area contributed by atoms with Crippen molar-refractivity contribution in [1.29, 1.82) is 0 Å². The van der Waals surface area contributed by atoms with Gasteiger partial charge in [-0.05, 0) is 49.8 Å². The van der Waals surface area contributed by atoms with Gasteiger partial charge >= 0.3 is 0 Å². The van der Waals surface area contributed by atoms with Crippen molar-refractivity contribution in [2.24, 2.45) is 4.99 Å². The molecular formula is C20H30ClN3OS. The van der Waals surface area contributed by atoms with E-state index in [9.17, 15) is 4.21 Å². The number of hydrogen-bond donors (Lipinski definition) is 2. The van der Waals surface area contributed by atoms with Crippen LogP contribution in [0, 0.1) is 0 Å². The Morgan fingerprint density at radius 2 is 2.19 bits per heavy atom. The first-order valence-electron chi connectivity index (χ1n) is 9.67. The van der Waals surface area contributed by atoms with Crippen LogP contribution in [0.15, 0.2) is 29.3 Å². The molecule has 6 heteroatoms. The SMILES string of the molecule is CCS(=O)C1CCCC(NC(=NC)NCC2(c3cccc(Cl)c3)CC2)C1. The molecule has 0 heterocycles. The molecule has 4 nitrogen and oxygen atoms in total. The molecule has 2 aliphatic carbocycles. The van der Waals surface area contributed by atoms with Gasteiger partial charge in [-0.25, -0.2) is 0 Å². The Hall–Kier alpha value is -1.07. The average molecular weight is 396 g/mol. The van der Waals surface area contributed by atoms with E-state index < -0.39 is 10.8 Å². The summed E-state index contributed by atoms with van der Waals surface area (Å²) in [7, 11) is 1.12. The standard InChI is InChI=1S/C20H30ClN3OS/c1-3-26(25)18-9-5-8-17(13-18)24-19(22-2)23-14-20(10-11-20)15-6-4-7-16(21)12-15/h4,6-7,12,17-18H,3,5,8-11,13-14H2,1-2H3,(H2,22,23,24). The van der Waals surface area contributed by atoms with Gasteiger partial charge in [0, 0.05) is 51.9 Å². The summed E-state index contributed by atoms with van der Waals surface area (Å²) in [6.07, 6.45) is 6.68. The van der Waals surface area contributed by atoms with E-state index in [4.69, 9.17) is 11.6 Å². The third-order valence-electron chi connectivity index (χ3n) is 5.73. The van der Waals surface area contributed by atoms with Crippen LogP contribution in [0.4, 0.5) is 0 Å². The van der Waals surface area contributed by atoms with Crippen molar-refractivity contribution in [3.8, 4) is 0 Å². The van der Waals surface area contributed by atoms with Crippen molar-refractivity contribution in [1.82, 2.24) is 10.6 Å². The molecule has 3 atom stereocenters. The van der Waals surface area contributed by atoms with Gasteiger partial charge in [0.15, 0.2) is 5.96 Å². The van der Waals surface area contributed by atoms with Crippen molar-refractivity contribution >= 4 is 28.4 Å². The fraction of sp³-hybridized carbons (Fsp3) is 0.650. The van der Waals surface area contributed by atoms with E-state index in [1.165, 1.54) is 18.4 Å². The van der Waals surface area contributed by atoms with E-state index in [-0.39, 0.29) is 5.41 Å². The van der Waals surface area contributed by atoms with Gasteiger partial charge < -0.3 is 10.6 Å². The summed E-state index contributed by atoms with van der Waals surface area (Å²) in [5.74, 6) is 1.61. The Kier molecular flexibility index (Phi) is 6.62. The van der Waals surface area contributed by atoms with E-state index in [0.29, 0.717) is 11.3 Å². The second-order valence-corrected chi connectivity index (χ2v) is 9.96. The maximum Gasteiger partial charge on any atom is 0.191 e. The molecule has 2 fully saturated rings. The third-order valence-corrected chi connectivity index (χ3v) is 7.71. The van der Waals surface area contributed by atoms with Crippen molar-refractivity contribution < 1.29 is 4.21 Å². The lowest BCUT2D eigenvalue weighted by molar-refractivity contribution is 0.413. The van der Waals surface area contributed by atoms with Gasteiger partial charge in [0.2, 0.25) is 0 Å². The van der Waals surface area contributed by atoms with Gasteiger partial charge in [0.25, 0.3) is 0 Å². The van der Waals surface area contributed by atoms with E-state index in [0.717, 1.165) is 49.0 Å². The van der Waals surface area contributed by atoms with Crippen LogP contribution >= 0.6 is 11.6 Å². The Morgan fingerprint density at radius 3 is 2.85 bits per heavy atom. The minimum atomic E-state index is -0.699. The molecule has 0 amide bonds. The fourth-order valence-corrected chi connectivity index (χ4v) is 5.47. The third kappa shape index (κ3) is 4.80. The van der Waals surface area contributed by atoms with Crippen molar-refractivity contribution in [3.63, 3.8) is 0 Å². The lowest BCUT2D eigenvalue weighted by Gasteiger charge is -2.30. The van der Waals surface area contributed by atoms with E-state index >= 15 is 0 Å². The quantitative estimate of drug-likeness (QED) is 0.571. The fourth-order valence-electron chi connectivity index (χ4n) is 3.93. The predicted molar refractivity (Wildman–Crippen MR) is 112 cm³/mol. The summed E-state index contributed by atoms with van der Waals surface area (Å²) >= 11 is 6.17. The molecule has 3 unspecified atom stereocenters. The summed E-state index contributed by atoms with van der Waals surface area (Å²) in [6.45, 7) is 2.88. The van der Waals surface area contributed by atoms with Crippen molar-refractivity contribution in [2.45, 2.75) is 62.2 Å². The largest absolute Gasteiger partial charge is 0.356 e. The molecule has 0 spiro atoms. The zero-order chi connectivity index (χ0) is 18.6. The number of benzene rings is 1. The minimum absolute atomic E-state index is 0.182. The van der Waals surface area contributed by atoms with Crippen LogP contribution < -0.4 is 10.6 Å². The molecule has 0 aromatic heterocycles. The Bertz CT molecular complexity index is 675. The molecule has 2 saturated carbocycles. The second kappa shape index (κ2) is 8.75. The Balaban J connectivity index is 1.55. The Morgan fingerprint density at radius 1 is 1.38 bits per heavy atom. The lowest BCUT2D eigenvalue weighted by Crippen LogP contribution is -2.48. The van der Waals surface area contributed by atoms with Gasteiger partial charge in [-0.3, -0.25) is 9.20 Å². The number of rotatable bonds is 6. The number of halogens is 1. The normalized spacial score (nSPS) is 26.2. The molecule has 2 aliphatic rings. The van der Waals surface area contributed by atoms with E-state index in [1.54, 1.807) is 0 Å². The maximum absolute atomic E-state index is 12.1. The molecule has 26 heavy (non-hydrogen) atoms. The first kappa shape index (κ1) is 19.7. The zero-order valence-corrected chi connectivity index (χ0v) is 17.3. The first-order valence-corrected chi connectivity index (χ1v) is 11.4. The molecule has 144 valence electrons. The first-order chi connectivity index (χ1) is 12.6. The van der Waals surface area contributed by atoms with Gasteiger partial charge in [-0.2, -0.15) is 0 Å². The van der Waals surface area contributed by atoms with E-state index in [2.05, 4.69) is 27.8 Å². The summed E-state index contributed by atoms with van der Waals surface area (Å²) in [4.78, 5) is 4.41. The topological polar surface area (TPSA) is 53.5 Å². The van der Waals surface area contributed by atoms with E-state index in [1.807, 2.05) is 26.1 Å². The van der Waals surface area contributed by atoms with Gasteiger partial charge in [0.05, 0.1) is 0 Å². The molecule has 3 rings (SSSR count). The lowest BCUT2D eigenvalue weighted by atomic mass is 9.95. The number of aliphatic imine (C=N–C) groups is 1. The molecular weight excluding hydrogens is 366 g/mol. The highest BCUT2D eigenvalue weighted by Gasteiger charge is 2.44. The number of guanidine groups is 1. The summed E-state index contributed by atoms with van der Waals surface area (Å²) in [5, 5.41) is 8.20. The van der Waals surface area contributed by atoms with Crippen LogP contribution in [0.5, 0.6) is 0 Å². The van der Waals surface area contributed by atoms with Crippen molar-refractivity contribution in [3.05, 3.63) is 34.9 Å². The molecule has 0 saturated heterocycles. The van der Waals surface area contributed by atoms with Crippen LogP contribution in [0.2, 0.25) is 5.02 Å². The van der Waals surface area contributed by atoms with Crippen LogP contribution in [0.3, 0.4) is 0 Å². The molecule has 2 N–H and O–H groups in total. The maximum atomic E-state index is 12.1. The van der Waals surface area contributed by atoms with Crippen LogP contribution in [0.1, 0.15) is 51.0 Å². The Labute approximate surface area is 164 Å². The highest BCUT2D eigenvalue weighted by molar-refractivity contribution is 7.85. The molecule has 1 aromatic rings. The molecule has 0 bridgehead atoms. The highest BCUT2D eigenvalue weighted by Crippen LogP contribution is 2.48. The molecule has 1 aromatic carbocycles. The highest BCUT2D eigenvalue weighted by atomic mass is 35.5. The summed E-state index contributed by atoms with van der Waals surface area (Å²) < 4.78 is 12.1. The number of nitrogens with one attached hydrogen (secondary N) is 2.